The summed E-state index contributed by atoms with van der Waals surface area (Å²) >= 11 is 0. The molecule has 0 saturated heterocycles. The van der Waals surface area contributed by atoms with Gasteiger partial charge in [-0.05, 0) is 71.4 Å². The predicted octanol–water partition coefficient (Wildman–Crippen LogP) is 3.55. The molecule has 0 radical (unpaired) electrons. The van der Waals surface area contributed by atoms with Gasteiger partial charge in [-0.25, -0.2) is 4.79 Å². The highest BCUT2D eigenvalue weighted by Crippen LogP contribution is 2.37. The Kier molecular flexibility index (Phi) is 9.21. The van der Waals surface area contributed by atoms with Crippen molar-refractivity contribution in [2.45, 2.75) is 116 Å². The number of nitrogens with two attached hydrogens (primary N) is 1. The van der Waals surface area contributed by atoms with Crippen LogP contribution in [0.5, 0.6) is 0 Å². The molecule has 204 valence electrons. The summed E-state index contributed by atoms with van der Waals surface area (Å²) in [6.07, 6.45) is 5.35. The maximum absolute atomic E-state index is 14.0. The van der Waals surface area contributed by atoms with E-state index < -0.39 is 42.0 Å². The Hall–Kier alpha value is -3.10. The molecule has 0 aliphatic heterocycles. The van der Waals surface area contributed by atoms with Gasteiger partial charge in [-0.1, -0.05) is 43.0 Å². The number of ether oxygens (including phenoxy) is 1. The average Bonchev–Trinajstić information content (AvgIpc) is 3.62. The first kappa shape index (κ1) is 28.5. The largest absolute Gasteiger partial charge is 0.444 e. The van der Waals surface area contributed by atoms with Crippen LogP contribution in [-0.2, 0) is 19.1 Å². The van der Waals surface area contributed by atoms with E-state index in [1.165, 1.54) is 0 Å². The van der Waals surface area contributed by atoms with E-state index in [2.05, 4.69) is 10.6 Å². The molecule has 9 nitrogen and oxygen atoms in total. The lowest BCUT2D eigenvalue weighted by atomic mass is 9.93. The van der Waals surface area contributed by atoms with Gasteiger partial charge < -0.3 is 26.0 Å². The summed E-state index contributed by atoms with van der Waals surface area (Å²) < 4.78 is 5.33. The van der Waals surface area contributed by atoms with Crippen LogP contribution in [0.2, 0.25) is 0 Å². The lowest BCUT2D eigenvalue weighted by Crippen LogP contribution is -2.55. The molecular weight excluding hydrogens is 472 g/mol. The third kappa shape index (κ3) is 8.20. The van der Waals surface area contributed by atoms with E-state index in [-0.39, 0.29) is 18.0 Å². The fourth-order valence-corrected chi connectivity index (χ4v) is 4.90. The van der Waals surface area contributed by atoms with Gasteiger partial charge in [-0.2, -0.15) is 0 Å². The molecule has 9 heteroatoms. The van der Waals surface area contributed by atoms with Gasteiger partial charge in [0.05, 0.1) is 6.42 Å². The summed E-state index contributed by atoms with van der Waals surface area (Å²) in [5.41, 5.74) is 7.27. The quantitative estimate of drug-likeness (QED) is 0.464. The van der Waals surface area contributed by atoms with Crippen molar-refractivity contribution >= 4 is 23.8 Å². The Morgan fingerprint density at radius 2 is 1.70 bits per heavy atom. The number of nitrogens with zero attached hydrogens (tertiary/aromatic N) is 1. The van der Waals surface area contributed by atoms with Crippen LogP contribution in [-0.4, -0.2) is 52.4 Å². The number of nitrogens with one attached hydrogen (secondary N) is 2. The van der Waals surface area contributed by atoms with Gasteiger partial charge in [0.2, 0.25) is 17.7 Å². The lowest BCUT2D eigenvalue weighted by molar-refractivity contribution is -0.144. The van der Waals surface area contributed by atoms with Gasteiger partial charge in [0.25, 0.3) is 0 Å². The summed E-state index contributed by atoms with van der Waals surface area (Å²) in [5.74, 6) is -1.49. The smallest absolute Gasteiger partial charge is 0.408 e. The van der Waals surface area contributed by atoms with Gasteiger partial charge in [-0.15, -0.1) is 0 Å². The van der Waals surface area contributed by atoms with Crippen molar-refractivity contribution in [1.29, 1.82) is 0 Å². The highest BCUT2D eigenvalue weighted by Gasteiger charge is 2.45. The zero-order chi connectivity index (χ0) is 27.3. The van der Waals surface area contributed by atoms with E-state index in [0.29, 0.717) is 0 Å². The van der Waals surface area contributed by atoms with Crippen LogP contribution < -0.4 is 16.4 Å². The zero-order valence-corrected chi connectivity index (χ0v) is 22.8. The maximum atomic E-state index is 14.0. The van der Waals surface area contributed by atoms with E-state index in [0.717, 1.165) is 61.6 Å². The monoisotopic (exact) mass is 514 g/mol. The maximum Gasteiger partial charge on any atom is 0.408 e. The van der Waals surface area contributed by atoms with E-state index >= 15 is 0 Å². The van der Waals surface area contributed by atoms with Crippen LogP contribution in [0.4, 0.5) is 4.79 Å². The third-order valence-corrected chi connectivity index (χ3v) is 6.80. The molecule has 2 atom stereocenters. The Morgan fingerprint density at radius 1 is 1.05 bits per heavy atom. The minimum absolute atomic E-state index is 0.0614. The van der Waals surface area contributed by atoms with Gasteiger partial charge in [-0.3, -0.25) is 14.4 Å². The standard InChI is InChI=1S/C28H42N4O5/c1-17-11-12-18(2)21(15-17)24(25(34)30-19-9-7-6-8-10-19)32(20-13-14-20)26(35)22(16-23(29)33)31-27(36)37-28(3,4)5/h11-12,15,19-20,22,24H,6-10,13-14,16H2,1-5H3,(H2,29,33)(H,30,34)(H,31,36). The molecule has 1 aromatic rings. The first-order chi connectivity index (χ1) is 17.4. The number of hydrogen-bond acceptors (Lipinski definition) is 5. The SMILES string of the molecule is Cc1ccc(C)c(C(C(=O)NC2CCCCC2)N(C(=O)C(CC(N)=O)NC(=O)OC(C)(C)C)C2CC2)c1. The molecule has 0 heterocycles. The number of carbonyl (C=O) groups is 4. The number of aryl methyl sites for hydroxylation is 2. The number of amides is 4. The Bertz CT molecular complexity index is 1010. The number of hydrogen-bond donors (Lipinski definition) is 3. The second-order valence-electron chi connectivity index (χ2n) is 11.5. The number of rotatable bonds is 9. The molecule has 37 heavy (non-hydrogen) atoms. The summed E-state index contributed by atoms with van der Waals surface area (Å²) in [5, 5.41) is 5.73. The Labute approximate surface area is 219 Å². The van der Waals surface area contributed by atoms with E-state index in [9.17, 15) is 19.2 Å². The fourth-order valence-electron chi connectivity index (χ4n) is 4.90. The first-order valence-corrected chi connectivity index (χ1v) is 13.3. The van der Waals surface area contributed by atoms with Gasteiger partial charge in [0.15, 0.2) is 0 Å². The first-order valence-electron chi connectivity index (χ1n) is 13.3. The molecular formula is C28H42N4O5. The minimum Gasteiger partial charge on any atom is -0.444 e. The topological polar surface area (TPSA) is 131 Å². The molecule has 0 aromatic heterocycles. The zero-order valence-electron chi connectivity index (χ0n) is 22.8. The third-order valence-electron chi connectivity index (χ3n) is 6.80. The van der Waals surface area contributed by atoms with Gasteiger partial charge >= 0.3 is 6.09 Å². The fraction of sp³-hybridized carbons (Fsp3) is 0.643. The van der Waals surface area contributed by atoms with Crippen molar-refractivity contribution in [3.63, 3.8) is 0 Å². The van der Waals surface area contributed by atoms with Gasteiger partial charge in [0, 0.05) is 12.1 Å². The molecule has 2 saturated carbocycles. The second kappa shape index (κ2) is 12.0. The molecule has 0 bridgehead atoms. The van der Waals surface area contributed by atoms with Crippen LogP contribution >= 0.6 is 0 Å². The van der Waals surface area contributed by atoms with Crippen LogP contribution in [0.3, 0.4) is 0 Å². The van der Waals surface area contributed by atoms with E-state index in [1.54, 1.807) is 25.7 Å². The number of primary amides is 1. The highest BCUT2D eigenvalue weighted by molar-refractivity contribution is 5.95. The summed E-state index contributed by atoms with van der Waals surface area (Å²) in [7, 11) is 0. The normalized spacial score (nSPS) is 17.9. The molecule has 2 aliphatic carbocycles. The second-order valence-corrected chi connectivity index (χ2v) is 11.5. The molecule has 1 aromatic carbocycles. The number of alkyl carbamates (subject to hydrolysis) is 1. The molecule has 4 N–H and O–H groups in total. The Balaban J connectivity index is 1.98. The van der Waals surface area contributed by atoms with E-state index in [4.69, 9.17) is 10.5 Å². The van der Waals surface area contributed by atoms with Gasteiger partial charge in [0.1, 0.15) is 17.7 Å². The highest BCUT2D eigenvalue weighted by atomic mass is 16.6. The van der Waals surface area contributed by atoms with Crippen molar-refractivity contribution in [3.05, 3.63) is 34.9 Å². The molecule has 2 fully saturated rings. The van der Waals surface area contributed by atoms with E-state index in [1.807, 2.05) is 32.0 Å². The minimum atomic E-state index is -1.25. The predicted molar refractivity (Wildman–Crippen MR) is 141 cm³/mol. The molecule has 4 amide bonds. The molecule has 3 rings (SSSR count). The van der Waals surface area contributed by atoms with Crippen molar-refractivity contribution < 1.29 is 23.9 Å². The van der Waals surface area contributed by atoms with Crippen LogP contribution in [0.25, 0.3) is 0 Å². The van der Waals surface area contributed by atoms with Crippen LogP contribution in [0, 0.1) is 13.8 Å². The number of benzene rings is 1. The summed E-state index contributed by atoms with van der Waals surface area (Å²) in [6, 6.07) is 3.60. The number of carbonyl (C=O) groups excluding carboxylic acids is 4. The Morgan fingerprint density at radius 3 is 2.27 bits per heavy atom. The van der Waals surface area contributed by atoms with Crippen molar-refractivity contribution in [2.75, 3.05) is 0 Å². The van der Waals surface area contributed by atoms with Crippen molar-refractivity contribution in [2.24, 2.45) is 5.73 Å². The molecule has 0 spiro atoms. The van der Waals surface area contributed by atoms with Crippen LogP contribution in [0.1, 0.15) is 94.9 Å². The van der Waals surface area contributed by atoms with Crippen molar-refractivity contribution in [3.8, 4) is 0 Å². The molecule has 2 aliphatic rings. The van der Waals surface area contributed by atoms with Crippen LogP contribution in [0.15, 0.2) is 18.2 Å². The lowest BCUT2D eigenvalue weighted by Gasteiger charge is -2.36. The summed E-state index contributed by atoms with van der Waals surface area (Å²) in [6.45, 7) is 8.99. The molecule has 2 unspecified atom stereocenters. The van der Waals surface area contributed by atoms with Crippen molar-refractivity contribution in [1.82, 2.24) is 15.5 Å². The average molecular weight is 515 g/mol. The summed E-state index contributed by atoms with van der Waals surface area (Å²) in [4.78, 5) is 54.0.